The van der Waals surface area contributed by atoms with E-state index in [1.165, 1.54) is 98.6 Å². The SMILES string of the molecule is NC(CSSCC(N)C(=O)NCCCCCCCCCCCCCC(=O)O)C(=O)CCCCCCCCCCCCCCC(=O)O. The van der Waals surface area contributed by atoms with Gasteiger partial charge in [0.15, 0.2) is 0 Å². The molecular formula is C35H67N3O6S2. The van der Waals surface area contributed by atoms with Crippen molar-refractivity contribution in [1.29, 1.82) is 0 Å². The molecule has 11 heteroatoms. The lowest BCUT2D eigenvalue weighted by Gasteiger charge is -2.13. The molecule has 0 rings (SSSR count). The van der Waals surface area contributed by atoms with Crippen LogP contribution in [-0.2, 0) is 19.2 Å². The van der Waals surface area contributed by atoms with Crippen molar-refractivity contribution >= 4 is 45.2 Å². The maximum absolute atomic E-state index is 12.4. The Balaban J connectivity index is 3.50. The fraction of sp³-hybridized carbons (Fsp3) is 0.886. The van der Waals surface area contributed by atoms with Crippen molar-refractivity contribution in [2.75, 3.05) is 18.1 Å². The van der Waals surface area contributed by atoms with E-state index in [4.69, 9.17) is 21.7 Å². The first-order valence-corrected chi connectivity index (χ1v) is 20.7. The number of carboxylic acid groups (broad SMARTS) is 2. The van der Waals surface area contributed by atoms with Gasteiger partial charge in [0.2, 0.25) is 5.91 Å². The van der Waals surface area contributed by atoms with Crippen LogP contribution in [0.15, 0.2) is 0 Å². The van der Waals surface area contributed by atoms with Gasteiger partial charge in [0.1, 0.15) is 5.78 Å². The Bertz CT molecular complexity index is 713. The van der Waals surface area contributed by atoms with Crippen molar-refractivity contribution < 1.29 is 29.4 Å². The number of nitrogens with two attached hydrogens (primary N) is 2. The van der Waals surface area contributed by atoms with Gasteiger partial charge in [-0.05, 0) is 25.7 Å². The summed E-state index contributed by atoms with van der Waals surface area (Å²) in [5.74, 6) is -0.382. The highest BCUT2D eigenvalue weighted by molar-refractivity contribution is 8.76. The molecule has 0 heterocycles. The molecule has 0 fully saturated rings. The molecule has 46 heavy (non-hydrogen) atoms. The Morgan fingerprint density at radius 1 is 0.457 bits per heavy atom. The zero-order valence-electron chi connectivity index (χ0n) is 28.7. The Hall–Kier alpha value is -1.30. The molecule has 0 aliphatic carbocycles. The molecule has 0 aromatic rings. The van der Waals surface area contributed by atoms with Crippen LogP contribution in [0.1, 0.15) is 167 Å². The fourth-order valence-corrected chi connectivity index (χ4v) is 7.55. The average molecular weight is 690 g/mol. The molecule has 270 valence electrons. The minimum absolute atomic E-state index is 0.114. The van der Waals surface area contributed by atoms with Gasteiger partial charge in [-0.2, -0.15) is 0 Å². The zero-order valence-corrected chi connectivity index (χ0v) is 30.3. The second-order valence-electron chi connectivity index (χ2n) is 12.7. The number of unbranched alkanes of at least 4 members (excludes halogenated alkanes) is 21. The summed E-state index contributed by atoms with van der Waals surface area (Å²) in [6, 6.07) is -1.04. The van der Waals surface area contributed by atoms with Gasteiger partial charge in [-0.25, -0.2) is 0 Å². The van der Waals surface area contributed by atoms with Crippen LogP contribution in [0.25, 0.3) is 0 Å². The van der Waals surface area contributed by atoms with Crippen molar-refractivity contribution in [3.63, 3.8) is 0 Å². The van der Waals surface area contributed by atoms with Gasteiger partial charge in [0.05, 0.1) is 12.1 Å². The summed E-state index contributed by atoms with van der Waals surface area (Å²) in [7, 11) is 3.01. The van der Waals surface area contributed by atoms with E-state index in [-0.39, 0.29) is 18.1 Å². The van der Waals surface area contributed by atoms with E-state index in [0.29, 0.717) is 30.9 Å². The lowest BCUT2D eigenvalue weighted by atomic mass is 10.0. The van der Waals surface area contributed by atoms with Crippen LogP contribution in [0.4, 0.5) is 0 Å². The Morgan fingerprint density at radius 2 is 0.761 bits per heavy atom. The quantitative estimate of drug-likeness (QED) is 0.0320. The largest absolute Gasteiger partial charge is 0.481 e. The fourth-order valence-electron chi connectivity index (χ4n) is 5.27. The van der Waals surface area contributed by atoms with E-state index in [1.807, 2.05) is 0 Å². The highest BCUT2D eigenvalue weighted by Crippen LogP contribution is 2.23. The molecule has 0 aromatic carbocycles. The van der Waals surface area contributed by atoms with Crippen molar-refractivity contribution in [1.82, 2.24) is 5.32 Å². The van der Waals surface area contributed by atoms with Crippen LogP contribution in [0, 0.1) is 0 Å². The molecule has 2 atom stereocenters. The maximum Gasteiger partial charge on any atom is 0.303 e. The van der Waals surface area contributed by atoms with E-state index in [2.05, 4.69) is 5.32 Å². The highest BCUT2D eigenvalue weighted by atomic mass is 33.1. The summed E-state index contributed by atoms with van der Waals surface area (Å²) >= 11 is 0. The predicted molar refractivity (Wildman–Crippen MR) is 194 cm³/mol. The second kappa shape index (κ2) is 33.6. The molecule has 0 radical (unpaired) electrons. The zero-order chi connectivity index (χ0) is 34.1. The smallest absolute Gasteiger partial charge is 0.303 e. The van der Waals surface area contributed by atoms with Crippen molar-refractivity contribution in [2.24, 2.45) is 11.5 Å². The predicted octanol–water partition coefficient (Wildman–Crippen LogP) is 8.02. The molecule has 0 bridgehead atoms. The molecule has 0 aliphatic rings. The lowest BCUT2D eigenvalue weighted by Crippen LogP contribution is -2.42. The monoisotopic (exact) mass is 689 g/mol. The molecule has 0 saturated heterocycles. The number of amides is 1. The summed E-state index contributed by atoms with van der Waals surface area (Å²) in [5.41, 5.74) is 12.1. The Kier molecular flexibility index (Phi) is 32.6. The van der Waals surface area contributed by atoms with Crippen LogP contribution in [-0.4, -0.2) is 64.0 Å². The number of hydrogen-bond donors (Lipinski definition) is 5. The van der Waals surface area contributed by atoms with Crippen LogP contribution in [0.2, 0.25) is 0 Å². The van der Waals surface area contributed by atoms with Crippen LogP contribution in [0.5, 0.6) is 0 Å². The molecular weight excluding hydrogens is 623 g/mol. The van der Waals surface area contributed by atoms with Crippen LogP contribution >= 0.6 is 21.6 Å². The maximum atomic E-state index is 12.4. The normalized spacial score (nSPS) is 12.6. The first kappa shape index (κ1) is 44.7. The van der Waals surface area contributed by atoms with Crippen molar-refractivity contribution in [3.8, 4) is 0 Å². The van der Waals surface area contributed by atoms with Gasteiger partial charge in [-0.3, -0.25) is 19.2 Å². The molecule has 0 aromatic heterocycles. The number of rotatable bonds is 36. The molecule has 0 spiro atoms. The van der Waals surface area contributed by atoms with Gasteiger partial charge in [0.25, 0.3) is 0 Å². The topological polar surface area (TPSA) is 173 Å². The van der Waals surface area contributed by atoms with Gasteiger partial charge in [0, 0.05) is 37.3 Å². The minimum atomic E-state index is -0.699. The first-order valence-electron chi connectivity index (χ1n) is 18.2. The summed E-state index contributed by atoms with van der Waals surface area (Å²) in [5, 5.41) is 20.2. The Morgan fingerprint density at radius 3 is 1.13 bits per heavy atom. The third-order valence-electron chi connectivity index (χ3n) is 8.26. The number of carboxylic acids is 2. The molecule has 1 amide bonds. The van der Waals surface area contributed by atoms with Gasteiger partial charge >= 0.3 is 11.9 Å². The van der Waals surface area contributed by atoms with Gasteiger partial charge < -0.3 is 27.0 Å². The number of carbonyl (C=O) groups is 4. The second-order valence-corrected chi connectivity index (χ2v) is 15.3. The van der Waals surface area contributed by atoms with Crippen molar-refractivity contribution in [2.45, 2.75) is 179 Å². The molecule has 7 N–H and O–H groups in total. The number of hydrogen-bond acceptors (Lipinski definition) is 8. The van der Waals surface area contributed by atoms with E-state index >= 15 is 0 Å². The molecule has 0 saturated carbocycles. The number of ketones is 1. The molecule has 0 aliphatic heterocycles. The van der Waals surface area contributed by atoms with E-state index < -0.39 is 24.0 Å². The van der Waals surface area contributed by atoms with Gasteiger partial charge in [-0.1, -0.05) is 144 Å². The summed E-state index contributed by atoms with van der Waals surface area (Å²) in [6.07, 6.45) is 26.8. The number of aliphatic carboxylic acids is 2. The van der Waals surface area contributed by atoms with E-state index in [1.54, 1.807) is 0 Å². The van der Waals surface area contributed by atoms with Gasteiger partial charge in [-0.15, -0.1) is 0 Å². The molecule has 9 nitrogen and oxygen atoms in total. The summed E-state index contributed by atoms with van der Waals surface area (Å²) in [4.78, 5) is 45.6. The Labute approximate surface area is 287 Å². The standard InChI is InChI=1S/C35H67N3O6S2/c36-30(32(39)24-20-16-12-8-4-1-2-5-9-13-17-21-25-33(40)41)28-45-46-29-31(37)35(44)38-27-23-19-15-11-7-3-6-10-14-18-22-26-34(42)43/h30-31H,1-29,36-37H2,(H,38,44)(H,40,41)(H,42,43). The average Bonchev–Trinajstić information content (AvgIpc) is 3.02. The number of carbonyl (C=O) groups excluding carboxylic acids is 2. The van der Waals surface area contributed by atoms with Crippen LogP contribution < -0.4 is 16.8 Å². The third-order valence-corrected chi connectivity index (χ3v) is 10.7. The van der Waals surface area contributed by atoms with E-state index in [0.717, 1.165) is 70.6 Å². The highest BCUT2D eigenvalue weighted by Gasteiger charge is 2.16. The summed E-state index contributed by atoms with van der Waals surface area (Å²) < 4.78 is 0. The van der Waals surface area contributed by atoms with E-state index in [9.17, 15) is 19.2 Å². The third kappa shape index (κ3) is 32.6. The van der Waals surface area contributed by atoms with Crippen molar-refractivity contribution in [3.05, 3.63) is 0 Å². The number of Topliss-reactive ketones (excluding diaryl/α,β-unsaturated/α-hetero) is 1. The van der Waals surface area contributed by atoms with Crippen LogP contribution in [0.3, 0.4) is 0 Å². The number of nitrogens with one attached hydrogen (secondary N) is 1. The molecule has 2 unspecified atom stereocenters. The first-order chi connectivity index (χ1) is 22.2. The lowest BCUT2D eigenvalue weighted by molar-refractivity contribution is -0.138. The minimum Gasteiger partial charge on any atom is -0.481 e. The summed E-state index contributed by atoms with van der Waals surface area (Å²) in [6.45, 7) is 0.652.